The van der Waals surface area contributed by atoms with E-state index in [-0.39, 0.29) is 34.3 Å². The van der Waals surface area contributed by atoms with E-state index in [1.54, 1.807) is 0 Å². The van der Waals surface area contributed by atoms with Gasteiger partial charge in [0.1, 0.15) is 11.4 Å². The quantitative estimate of drug-likeness (QED) is 0.419. The highest BCUT2D eigenvalue weighted by atomic mass is 19.3. The van der Waals surface area contributed by atoms with Gasteiger partial charge in [0.05, 0.1) is 17.6 Å². The number of alkyl halides is 4. The van der Waals surface area contributed by atoms with E-state index in [0.29, 0.717) is 5.69 Å². The summed E-state index contributed by atoms with van der Waals surface area (Å²) in [7, 11) is 0. The molecule has 0 saturated heterocycles. The number of para-hydroxylation sites is 1. The van der Waals surface area contributed by atoms with Crippen molar-refractivity contribution in [1.82, 2.24) is 19.6 Å². The Morgan fingerprint density at radius 2 is 1.79 bits per heavy atom. The summed E-state index contributed by atoms with van der Waals surface area (Å²) in [6.45, 7) is -2.96. The molecule has 0 fully saturated rings. The maximum atomic E-state index is 13.6. The predicted molar refractivity (Wildman–Crippen MR) is 105 cm³/mol. The second-order valence-electron chi connectivity index (χ2n) is 6.75. The number of hydrogen-bond acceptors (Lipinski definition) is 6. The van der Waals surface area contributed by atoms with Gasteiger partial charge in [-0.15, -0.1) is 8.78 Å². The van der Waals surface area contributed by atoms with Gasteiger partial charge in [-0.2, -0.15) is 19.0 Å². The Bertz CT molecular complexity index is 1390. The van der Waals surface area contributed by atoms with Crippen molar-refractivity contribution in [2.24, 2.45) is 0 Å². The summed E-state index contributed by atoms with van der Waals surface area (Å²) in [4.78, 5) is 12.6. The Morgan fingerprint density at radius 1 is 1.00 bits per heavy atom. The lowest BCUT2D eigenvalue weighted by Gasteiger charge is -2.12. The van der Waals surface area contributed by atoms with E-state index in [1.807, 2.05) is 0 Å². The van der Waals surface area contributed by atoms with Crippen LogP contribution in [0.1, 0.15) is 0 Å². The van der Waals surface area contributed by atoms with E-state index in [0.717, 1.165) is 0 Å². The predicted octanol–water partition coefficient (Wildman–Crippen LogP) is 4.01. The number of halogens is 4. The highest BCUT2D eigenvalue weighted by Crippen LogP contribution is 2.45. The molecule has 33 heavy (non-hydrogen) atoms. The van der Waals surface area contributed by atoms with Gasteiger partial charge in [-0.25, -0.2) is 9.36 Å². The number of nitrogens with zero attached hydrogens (tertiary/aromatic N) is 4. The van der Waals surface area contributed by atoms with Crippen LogP contribution < -0.4 is 19.6 Å². The molecule has 2 aromatic heterocycles. The summed E-state index contributed by atoms with van der Waals surface area (Å²) >= 11 is 0. The van der Waals surface area contributed by atoms with Crippen LogP contribution in [0.15, 0.2) is 71.8 Å². The zero-order chi connectivity index (χ0) is 23.2. The highest BCUT2D eigenvalue weighted by Gasteiger charge is 2.45. The third kappa shape index (κ3) is 3.86. The lowest BCUT2D eigenvalue weighted by atomic mass is 10.2. The van der Waals surface area contributed by atoms with E-state index in [1.165, 1.54) is 76.4 Å². The molecule has 0 spiro atoms. The van der Waals surface area contributed by atoms with Crippen LogP contribution >= 0.6 is 0 Å². The molecule has 1 aliphatic heterocycles. The second-order valence-corrected chi connectivity index (χ2v) is 6.75. The maximum Gasteiger partial charge on any atom is 0.586 e. The van der Waals surface area contributed by atoms with Crippen molar-refractivity contribution in [2.75, 3.05) is 0 Å². The van der Waals surface area contributed by atoms with Crippen molar-refractivity contribution >= 4 is 0 Å². The number of aromatic nitrogens is 4. The van der Waals surface area contributed by atoms with Crippen LogP contribution in [0.25, 0.3) is 22.8 Å². The summed E-state index contributed by atoms with van der Waals surface area (Å²) in [5, 5.41) is 8.45. The van der Waals surface area contributed by atoms with Crippen molar-refractivity contribution in [3.05, 3.63) is 77.2 Å². The molecular formula is C21H12F4N4O4. The third-order valence-electron chi connectivity index (χ3n) is 4.66. The molecule has 0 radical (unpaired) electrons. The van der Waals surface area contributed by atoms with E-state index in [2.05, 4.69) is 24.4 Å². The molecule has 4 aromatic rings. The van der Waals surface area contributed by atoms with Crippen LogP contribution in [0.4, 0.5) is 17.6 Å². The summed E-state index contributed by atoms with van der Waals surface area (Å²) in [5.74, 6) is -0.452. The molecule has 0 aliphatic carbocycles. The number of hydrogen-bond donors (Lipinski definition) is 0. The van der Waals surface area contributed by atoms with Crippen molar-refractivity contribution < 1.29 is 31.8 Å². The maximum absolute atomic E-state index is 13.6. The first-order chi connectivity index (χ1) is 15.8. The fourth-order valence-electron chi connectivity index (χ4n) is 3.31. The lowest BCUT2D eigenvalue weighted by Crippen LogP contribution is -2.26. The molecule has 2 aromatic carbocycles. The van der Waals surface area contributed by atoms with E-state index < -0.39 is 18.3 Å². The van der Waals surface area contributed by atoms with Gasteiger partial charge in [0, 0.05) is 12.3 Å². The average Bonchev–Trinajstić information content (AvgIpc) is 3.37. The van der Waals surface area contributed by atoms with Gasteiger partial charge in [0.2, 0.25) is 5.43 Å². The van der Waals surface area contributed by atoms with Crippen LogP contribution in [0.5, 0.6) is 17.2 Å². The van der Waals surface area contributed by atoms with Crippen LogP contribution in [0.3, 0.4) is 0 Å². The Morgan fingerprint density at radius 3 is 2.55 bits per heavy atom. The van der Waals surface area contributed by atoms with Gasteiger partial charge >= 0.3 is 12.9 Å². The van der Waals surface area contributed by atoms with Gasteiger partial charge < -0.3 is 14.2 Å². The summed E-state index contributed by atoms with van der Waals surface area (Å²) in [5.41, 5.74) is 0.293. The largest absolute Gasteiger partial charge is 0.586 e. The molecule has 0 unspecified atom stereocenters. The van der Waals surface area contributed by atoms with E-state index in [4.69, 9.17) is 0 Å². The Balaban J connectivity index is 1.55. The van der Waals surface area contributed by atoms with Crippen LogP contribution in [-0.2, 0) is 0 Å². The Hall–Kier alpha value is -4.35. The zero-order valence-corrected chi connectivity index (χ0v) is 16.4. The first-order valence-electron chi connectivity index (χ1n) is 9.40. The molecule has 0 amide bonds. The first kappa shape index (κ1) is 20.5. The number of benzene rings is 2. The Kier molecular flexibility index (Phi) is 4.77. The smallest absolute Gasteiger partial charge is 0.435 e. The minimum Gasteiger partial charge on any atom is -0.435 e. The van der Waals surface area contributed by atoms with Crippen molar-refractivity contribution in [1.29, 1.82) is 0 Å². The molecule has 3 heterocycles. The van der Waals surface area contributed by atoms with Crippen molar-refractivity contribution in [3.8, 4) is 40.0 Å². The molecule has 8 nitrogen and oxygen atoms in total. The summed E-state index contributed by atoms with van der Waals surface area (Å²) < 4.78 is 67.9. The fraction of sp³-hybridized carbons (Fsp3) is 0.0952. The minimum atomic E-state index is -3.83. The molecule has 0 N–H and O–H groups in total. The molecule has 0 bridgehead atoms. The van der Waals surface area contributed by atoms with Crippen molar-refractivity contribution in [2.45, 2.75) is 12.9 Å². The third-order valence-corrected chi connectivity index (χ3v) is 4.66. The number of rotatable bonds is 5. The van der Waals surface area contributed by atoms with E-state index in [9.17, 15) is 22.4 Å². The average molecular weight is 460 g/mol. The molecule has 5 rings (SSSR count). The molecule has 168 valence electrons. The SMILES string of the molecule is O=c1ccn(-c2ccc(OC(F)F)cc2)nc1-c1ccnn1-c1cccc2c1OC(F)(F)O2. The van der Waals surface area contributed by atoms with Crippen molar-refractivity contribution in [3.63, 3.8) is 0 Å². The standard InChI is InChI=1S/C21H12F4N4O4/c22-20(23)31-13-6-4-12(5-7-13)28-11-9-16(30)18(27-28)14-8-10-26-29(14)15-2-1-3-17-19(15)33-21(24,25)32-17/h1-11,20H. The molecule has 0 atom stereocenters. The minimum absolute atomic E-state index is 0.0359. The molecule has 0 saturated carbocycles. The monoisotopic (exact) mass is 460 g/mol. The van der Waals surface area contributed by atoms with Gasteiger partial charge in [-0.1, -0.05) is 6.07 Å². The summed E-state index contributed by atoms with van der Waals surface area (Å²) in [6, 6.07) is 12.6. The first-order valence-corrected chi connectivity index (χ1v) is 9.40. The number of fused-ring (bicyclic) bond motifs is 1. The van der Waals surface area contributed by atoms with E-state index >= 15 is 0 Å². The Labute approximate surface area is 182 Å². The molecule has 12 heteroatoms. The highest BCUT2D eigenvalue weighted by molar-refractivity contribution is 5.63. The number of ether oxygens (including phenoxy) is 3. The summed E-state index contributed by atoms with van der Waals surface area (Å²) in [6.07, 6.45) is -1.06. The molecular weight excluding hydrogens is 448 g/mol. The van der Waals surface area contributed by atoms with Crippen LogP contribution in [-0.4, -0.2) is 32.5 Å². The second kappa shape index (κ2) is 7.65. The zero-order valence-electron chi connectivity index (χ0n) is 16.4. The topological polar surface area (TPSA) is 80.4 Å². The van der Waals surface area contributed by atoms with Gasteiger partial charge in [0.15, 0.2) is 17.2 Å². The van der Waals surface area contributed by atoms with Gasteiger partial charge in [-0.3, -0.25) is 4.79 Å². The van der Waals surface area contributed by atoms with Gasteiger partial charge in [0.25, 0.3) is 0 Å². The van der Waals surface area contributed by atoms with Crippen LogP contribution in [0, 0.1) is 0 Å². The normalized spacial score (nSPS) is 14.0. The lowest BCUT2D eigenvalue weighted by molar-refractivity contribution is -0.286. The van der Waals surface area contributed by atoms with Gasteiger partial charge in [-0.05, 0) is 42.5 Å². The molecule has 1 aliphatic rings. The van der Waals surface area contributed by atoms with Crippen LogP contribution in [0.2, 0.25) is 0 Å². The fourth-order valence-corrected chi connectivity index (χ4v) is 3.31.